The number of hydrogen-bond acceptors (Lipinski definition) is 5. The summed E-state index contributed by atoms with van der Waals surface area (Å²) < 4.78 is 1.66. The average Bonchev–Trinajstić information content (AvgIpc) is 3.05. The second-order valence-corrected chi connectivity index (χ2v) is 6.04. The molecule has 0 atom stereocenters. The number of aliphatic hydroxyl groups excluding tert-OH is 1. The Labute approximate surface area is 116 Å². The van der Waals surface area contributed by atoms with Crippen LogP contribution in [0.1, 0.15) is 27.4 Å². The molecule has 1 aliphatic carbocycles. The molecule has 2 heterocycles. The third kappa shape index (κ3) is 3.02. The Morgan fingerprint density at radius 3 is 3.16 bits per heavy atom. The number of aromatic nitrogens is 3. The van der Waals surface area contributed by atoms with Crippen LogP contribution in [-0.2, 0) is 32.5 Å². The van der Waals surface area contributed by atoms with Crippen molar-refractivity contribution in [1.29, 1.82) is 0 Å². The van der Waals surface area contributed by atoms with Crippen molar-refractivity contribution in [2.75, 3.05) is 6.61 Å². The summed E-state index contributed by atoms with van der Waals surface area (Å²) in [6.45, 7) is 2.21. The predicted molar refractivity (Wildman–Crippen MR) is 74.0 cm³/mol. The summed E-state index contributed by atoms with van der Waals surface area (Å²) in [5, 5.41) is 20.2. The van der Waals surface area contributed by atoms with Crippen LogP contribution in [-0.4, -0.2) is 26.7 Å². The van der Waals surface area contributed by atoms with Gasteiger partial charge in [0.15, 0.2) is 0 Å². The topological polar surface area (TPSA) is 63.0 Å². The molecule has 2 N–H and O–H groups in total. The summed E-state index contributed by atoms with van der Waals surface area (Å²) in [7, 11) is 0. The van der Waals surface area contributed by atoms with E-state index in [0.717, 1.165) is 12.2 Å². The van der Waals surface area contributed by atoms with E-state index in [0.29, 0.717) is 13.1 Å². The summed E-state index contributed by atoms with van der Waals surface area (Å²) in [6.07, 6.45) is 5.71. The van der Waals surface area contributed by atoms with Crippen molar-refractivity contribution in [2.45, 2.75) is 38.9 Å². The van der Waals surface area contributed by atoms with Crippen LogP contribution in [0.15, 0.2) is 12.3 Å². The van der Waals surface area contributed by atoms with E-state index in [4.69, 9.17) is 5.11 Å². The van der Waals surface area contributed by atoms with Gasteiger partial charge in [0.2, 0.25) is 0 Å². The van der Waals surface area contributed by atoms with Crippen LogP contribution >= 0.6 is 11.3 Å². The Balaban J connectivity index is 1.49. The van der Waals surface area contributed by atoms with Crippen molar-refractivity contribution < 1.29 is 5.11 Å². The van der Waals surface area contributed by atoms with E-state index in [1.165, 1.54) is 24.1 Å². The maximum absolute atomic E-state index is 8.81. The number of aliphatic hydroxyl groups is 1. The normalized spacial score (nSPS) is 13.9. The Morgan fingerprint density at radius 1 is 1.37 bits per heavy atom. The van der Waals surface area contributed by atoms with Crippen molar-refractivity contribution >= 4 is 11.3 Å². The van der Waals surface area contributed by atoms with E-state index in [9.17, 15) is 0 Å². The molecule has 0 unspecified atom stereocenters. The summed E-state index contributed by atoms with van der Waals surface area (Å²) in [5.41, 5.74) is 2.47. The molecule has 2 aromatic rings. The van der Waals surface area contributed by atoms with Crippen molar-refractivity contribution in [3.05, 3.63) is 33.3 Å². The molecule has 0 fully saturated rings. The predicted octanol–water partition coefficient (Wildman–Crippen LogP) is 1.11. The first-order valence-electron chi connectivity index (χ1n) is 6.66. The lowest BCUT2D eigenvalue weighted by molar-refractivity contribution is 0.268. The number of thiophene rings is 1. The third-order valence-corrected chi connectivity index (χ3v) is 4.56. The van der Waals surface area contributed by atoms with Crippen LogP contribution in [0.3, 0.4) is 0 Å². The zero-order chi connectivity index (χ0) is 13.1. The Morgan fingerprint density at radius 2 is 2.32 bits per heavy atom. The lowest BCUT2D eigenvalue weighted by atomic mass is 10.2. The Hall–Kier alpha value is -1.24. The molecule has 0 bridgehead atoms. The number of hydrogen-bond donors (Lipinski definition) is 2. The van der Waals surface area contributed by atoms with Gasteiger partial charge in [-0.15, -0.1) is 16.4 Å². The van der Waals surface area contributed by atoms with Crippen LogP contribution in [0.25, 0.3) is 0 Å². The minimum absolute atomic E-state index is 0.0942. The van der Waals surface area contributed by atoms with Crippen LogP contribution in [0.2, 0.25) is 0 Å². The first kappa shape index (κ1) is 12.8. The molecule has 0 aliphatic heterocycles. The Kier molecular flexibility index (Phi) is 3.91. The highest BCUT2D eigenvalue weighted by Crippen LogP contribution is 2.30. The van der Waals surface area contributed by atoms with Gasteiger partial charge in [0.25, 0.3) is 0 Å². The maximum atomic E-state index is 8.81. The van der Waals surface area contributed by atoms with Gasteiger partial charge < -0.3 is 10.4 Å². The van der Waals surface area contributed by atoms with Crippen LogP contribution in [0, 0.1) is 0 Å². The van der Waals surface area contributed by atoms with Gasteiger partial charge in [-0.3, -0.25) is 0 Å². The van der Waals surface area contributed by atoms with Gasteiger partial charge in [-0.05, 0) is 30.9 Å². The van der Waals surface area contributed by atoms with Gasteiger partial charge in [-0.1, -0.05) is 5.21 Å². The first-order valence-corrected chi connectivity index (χ1v) is 7.48. The molecule has 3 rings (SSSR count). The van der Waals surface area contributed by atoms with Gasteiger partial charge in [-0.2, -0.15) is 0 Å². The number of rotatable bonds is 6. The van der Waals surface area contributed by atoms with E-state index in [2.05, 4.69) is 21.7 Å². The van der Waals surface area contributed by atoms with Crippen molar-refractivity contribution in [1.82, 2.24) is 20.3 Å². The largest absolute Gasteiger partial charge is 0.394 e. The highest BCUT2D eigenvalue weighted by molar-refractivity contribution is 7.12. The number of nitrogens with one attached hydrogen (secondary N) is 1. The highest BCUT2D eigenvalue weighted by Gasteiger charge is 2.14. The van der Waals surface area contributed by atoms with E-state index in [1.807, 2.05) is 17.5 Å². The first-order chi connectivity index (χ1) is 9.35. The molecule has 0 amide bonds. The van der Waals surface area contributed by atoms with Crippen molar-refractivity contribution in [2.24, 2.45) is 0 Å². The SMILES string of the molecule is OCCn1cc(CNCc2cc3c(s2)CCC3)nn1. The Bertz CT molecular complexity index is 527. The van der Waals surface area contributed by atoms with Gasteiger partial charge in [0, 0.05) is 29.0 Å². The van der Waals surface area contributed by atoms with Gasteiger partial charge in [0.1, 0.15) is 0 Å². The molecule has 102 valence electrons. The molecular weight excluding hydrogens is 260 g/mol. The fraction of sp³-hybridized carbons (Fsp3) is 0.538. The summed E-state index contributed by atoms with van der Waals surface area (Å²) in [5.74, 6) is 0. The molecule has 0 radical (unpaired) electrons. The fourth-order valence-corrected chi connectivity index (χ4v) is 3.65. The van der Waals surface area contributed by atoms with Gasteiger partial charge in [-0.25, -0.2) is 4.68 Å². The maximum Gasteiger partial charge on any atom is 0.0964 e. The van der Waals surface area contributed by atoms with Crippen molar-refractivity contribution in [3.8, 4) is 0 Å². The number of fused-ring (bicyclic) bond motifs is 1. The highest BCUT2D eigenvalue weighted by atomic mass is 32.1. The molecule has 0 spiro atoms. The zero-order valence-corrected chi connectivity index (χ0v) is 11.6. The molecule has 1 aliphatic rings. The standard InChI is InChI=1S/C13H18N4OS/c18-5-4-17-9-11(15-16-17)7-14-8-12-6-10-2-1-3-13(10)19-12/h6,9,14,18H,1-5,7-8H2. The molecule has 2 aromatic heterocycles. The molecule has 6 heteroatoms. The molecule has 0 saturated carbocycles. The molecule has 0 saturated heterocycles. The lowest BCUT2D eigenvalue weighted by Gasteiger charge is -1.99. The molecular formula is C13H18N4OS. The van der Waals surface area contributed by atoms with Crippen LogP contribution < -0.4 is 5.32 Å². The second-order valence-electron chi connectivity index (χ2n) is 4.81. The van der Waals surface area contributed by atoms with Crippen LogP contribution in [0.5, 0.6) is 0 Å². The molecule has 5 nitrogen and oxygen atoms in total. The third-order valence-electron chi connectivity index (χ3n) is 3.32. The average molecular weight is 278 g/mol. The van der Waals surface area contributed by atoms with E-state index in [1.54, 1.807) is 15.1 Å². The second kappa shape index (κ2) is 5.81. The zero-order valence-electron chi connectivity index (χ0n) is 10.8. The summed E-state index contributed by atoms with van der Waals surface area (Å²) >= 11 is 1.93. The van der Waals surface area contributed by atoms with E-state index < -0.39 is 0 Å². The molecule has 19 heavy (non-hydrogen) atoms. The minimum Gasteiger partial charge on any atom is -0.394 e. The van der Waals surface area contributed by atoms with E-state index >= 15 is 0 Å². The van der Waals surface area contributed by atoms with Gasteiger partial charge in [0.05, 0.1) is 18.8 Å². The number of nitrogens with zero attached hydrogens (tertiary/aromatic N) is 3. The van der Waals surface area contributed by atoms with Crippen molar-refractivity contribution in [3.63, 3.8) is 0 Å². The molecule has 0 aromatic carbocycles. The van der Waals surface area contributed by atoms with Crippen LogP contribution in [0.4, 0.5) is 0 Å². The lowest BCUT2D eigenvalue weighted by Crippen LogP contribution is -2.12. The quantitative estimate of drug-likeness (QED) is 0.831. The number of aryl methyl sites for hydroxylation is 2. The smallest absolute Gasteiger partial charge is 0.0964 e. The fourth-order valence-electron chi connectivity index (χ4n) is 2.42. The summed E-state index contributed by atoms with van der Waals surface area (Å²) in [6, 6.07) is 2.34. The minimum atomic E-state index is 0.0942. The monoisotopic (exact) mass is 278 g/mol. The van der Waals surface area contributed by atoms with Gasteiger partial charge >= 0.3 is 0 Å². The summed E-state index contributed by atoms with van der Waals surface area (Å²) in [4.78, 5) is 2.98. The van der Waals surface area contributed by atoms with E-state index in [-0.39, 0.29) is 6.61 Å².